The number of rotatable bonds is 5. The fraction of sp³-hybridized carbons (Fsp3) is 0.588. The van der Waals surface area contributed by atoms with Crippen molar-refractivity contribution >= 4 is 17.7 Å². The third-order valence-corrected chi connectivity index (χ3v) is 5.23. The van der Waals surface area contributed by atoms with Gasteiger partial charge in [0.25, 0.3) is 0 Å². The van der Waals surface area contributed by atoms with E-state index in [-0.39, 0.29) is 0 Å². The Morgan fingerprint density at radius 1 is 1.32 bits per heavy atom. The highest BCUT2D eigenvalue weighted by Gasteiger charge is 2.15. The fourth-order valence-electron chi connectivity index (χ4n) is 2.66. The van der Waals surface area contributed by atoms with Crippen molar-refractivity contribution in [2.75, 3.05) is 18.8 Å². The lowest BCUT2D eigenvalue weighted by Crippen LogP contribution is -2.40. The van der Waals surface area contributed by atoms with Gasteiger partial charge in [0, 0.05) is 18.3 Å². The standard InChI is InChI=1S/C17H27N3OS/c1-4-18-17(20-11-15-6-5-7-22-15)19-10-14-8-12(2)16(21)13(3)9-14/h8-9,15,21H,4-7,10-11H2,1-3H3,(H2,18,19,20). The molecule has 1 heterocycles. The van der Waals surface area contributed by atoms with Crippen LogP contribution in [0.1, 0.15) is 36.5 Å². The molecule has 1 atom stereocenters. The minimum atomic E-state index is 0.385. The van der Waals surface area contributed by atoms with Gasteiger partial charge in [0.15, 0.2) is 5.96 Å². The number of aromatic hydroxyl groups is 1. The minimum Gasteiger partial charge on any atom is -0.507 e. The number of phenolic OH excluding ortho intramolecular Hbond substituents is 1. The van der Waals surface area contributed by atoms with Crippen molar-refractivity contribution in [3.63, 3.8) is 0 Å². The maximum absolute atomic E-state index is 9.84. The largest absolute Gasteiger partial charge is 0.507 e. The molecular formula is C17H27N3OS. The van der Waals surface area contributed by atoms with Gasteiger partial charge in [0.2, 0.25) is 0 Å². The van der Waals surface area contributed by atoms with Crippen LogP contribution in [0.15, 0.2) is 17.1 Å². The van der Waals surface area contributed by atoms with Gasteiger partial charge in [0.05, 0.1) is 6.54 Å². The van der Waals surface area contributed by atoms with Crippen LogP contribution in [-0.2, 0) is 6.54 Å². The van der Waals surface area contributed by atoms with Gasteiger partial charge in [-0.3, -0.25) is 0 Å². The van der Waals surface area contributed by atoms with Gasteiger partial charge in [0.1, 0.15) is 5.75 Å². The molecule has 0 radical (unpaired) electrons. The van der Waals surface area contributed by atoms with Crippen molar-refractivity contribution < 1.29 is 5.11 Å². The molecule has 2 rings (SSSR count). The van der Waals surface area contributed by atoms with Crippen LogP contribution >= 0.6 is 11.8 Å². The van der Waals surface area contributed by atoms with Crippen molar-refractivity contribution in [2.24, 2.45) is 4.99 Å². The number of hydrogen-bond acceptors (Lipinski definition) is 3. The summed E-state index contributed by atoms with van der Waals surface area (Å²) in [5.41, 5.74) is 2.94. The maximum Gasteiger partial charge on any atom is 0.191 e. The van der Waals surface area contributed by atoms with Gasteiger partial charge < -0.3 is 15.7 Å². The second-order valence-corrected chi connectivity index (χ2v) is 7.20. The fourth-order valence-corrected chi connectivity index (χ4v) is 3.87. The zero-order valence-electron chi connectivity index (χ0n) is 13.8. The maximum atomic E-state index is 9.84. The van der Waals surface area contributed by atoms with Gasteiger partial charge in [-0.05, 0) is 56.1 Å². The number of benzene rings is 1. The van der Waals surface area contributed by atoms with Gasteiger partial charge in [-0.15, -0.1) is 0 Å². The molecule has 22 heavy (non-hydrogen) atoms. The van der Waals surface area contributed by atoms with E-state index in [0.29, 0.717) is 17.5 Å². The molecule has 1 unspecified atom stereocenters. The predicted molar refractivity (Wildman–Crippen MR) is 95.9 cm³/mol. The van der Waals surface area contributed by atoms with Crippen LogP contribution in [0.5, 0.6) is 5.75 Å². The lowest BCUT2D eigenvalue weighted by atomic mass is 10.1. The highest BCUT2D eigenvalue weighted by atomic mass is 32.2. The summed E-state index contributed by atoms with van der Waals surface area (Å²) >= 11 is 2.05. The van der Waals surface area contributed by atoms with Crippen LogP contribution in [0.3, 0.4) is 0 Å². The van der Waals surface area contributed by atoms with E-state index in [0.717, 1.165) is 35.7 Å². The summed E-state index contributed by atoms with van der Waals surface area (Å²) in [6, 6.07) is 4.00. The Labute approximate surface area is 137 Å². The van der Waals surface area contributed by atoms with Crippen molar-refractivity contribution in [1.29, 1.82) is 0 Å². The molecule has 1 saturated heterocycles. The molecule has 0 amide bonds. The molecule has 122 valence electrons. The third kappa shape index (κ3) is 4.83. The smallest absolute Gasteiger partial charge is 0.191 e. The molecule has 0 saturated carbocycles. The summed E-state index contributed by atoms with van der Waals surface area (Å²) in [5, 5.41) is 17.3. The summed E-state index contributed by atoms with van der Waals surface area (Å²) in [5.74, 6) is 2.54. The van der Waals surface area contributed by atoms with E-state index >= 15 is 0 Å². The molecule has 1 fully saturated rings. The molecule has 3 N–H and O–H groups in total. The minimum absolute atomic E-state index is 0.385. The molecule has 0 aromatic heterocycles. The first-order valence-electron chi connectivity index (χ1n) is 8.03. The Morgan fingerprint density at radius 2 is 2.05 bits per heavy atom. The first-order valence-corrected chi connectivity index (χ1v) is 9.08. The highest BCUT2D eigenvalue weighted by Crippen LogP contribution is 2.25. The summed E-state index contributed by atoms with van der Waals surface area (Å²) in [7, 11) is 0. The van der Waals surface area contributed by atoms with E-state index in [1.807, 2.05) is 37.7 Å². The van der Waals surface area contributed by atoms with Crippen molar-refractivity contribution in [2.45, 2.75) is 45.4 Å². The number of guanidine groups is 1. The first-order chi connectivity index (χ1) is 10.6. The Morgan fingerprint density at radius 3 is 2.64 bits per heavy atom. The van der Waals surface area contributed by atoms with Crippen molar-refractivity contribution in [1.82, 2.24) is 10.6 Å². The number of aryl methyl sites for hydroxylation is 2. The van der Waals surface area contributed by atoms with Crippen LogP contribution in [-0.4, -0.2) is 35.2 Å². The van der Waals surface area contributed by atoms with Gasteiger partial charge in [-0.1, -0.05) is 12.1 Å². The van der Waals surface area contributed by atoms with E-state index < -0.39 is 0 Å². The van der Waals surface area contributed by atoms with Crippen LogP contribution in [0, 0.1) is 13.8 Å². The molecule has 4 nitrogen and oxygen atoms in total. The van der Waals surface area contributed by atoms with E-state index in [9.17, 15) is 5.11 Å². The van der Waals surface area contributed by atoms with Crippen LogP contribution in [0.2, 0.25) is 0 Å². The average molecular weight is 321 g/mol. The molecule has 0 aliphatic carbocycles. The van der Waals surface area contributed by atoms with Gasteiger partial charge in [-0.25, -0.2) is 4.99 Å². The number of nitrogens with one attached hydrogen (secondary N) is 2. The van der Waals surface area contributed by atoms with E-state index in [1.165, 1.54) is 18.6 Å². The predicted octanol–water partition coefficient (Wildman–Crippen LogP) is 2.96. The molecule has 5 heteroatoms. The lowest BCUT2D eigenvalue weighted by molar-refractivity contribution is 0.466. The lowest BCUT2D eigenvalue weighted by Gasteiger charge is -2.14. The molecule has 1 aliphatic rings. The zero-order valence-corrected chi connectivity index (χ0v) is 14.6. The van der Waals surface area contributed by atoms with Crippen LogP contribution in [0.25, 0.3) is 0 Å². The number of hydrogen-bond donors (Lipinski definition) is 3. The Hall–Kier alpha value is -1.36. The molecule has 1 aromatic carbocycles. The molecular weight excluding hydrogens is 294 g/mol. The molecule has 0 bridgehead atoms. The SMILES string of the molecule is CCNC(=NCc1cc(C)c(O)c(C)c1)NCC1CCCS1. The van der Waals surface area contributed by atoms with Crippen molar-refractivity contribution in [3.05, 3.63) is 28.8 Å². The number of phenols is 1. The van der Waals surface area contributed by atoms with Crippen molar-refractivity contribution in [3.8, 4) is 5.75 Å². The van der Waals surface area contributed by atoms with E-state index in [2.05, 4.69) is 22.5 Å². The number of thioether (sulfide) groups is 1. The second kappa shape index (κ2) is 8.32. The summed E-state index contributed by atoms with van der Waals surface area (Å²) in [4.78, 5) is 4.66. The summed E-state index contributed by atoms with van der Waals surface area (Å²) < 4.78 is 0. The number of aliphatic imine (C=N–C) groups is 1. The average Bonchev–Trinajstić information content (AvgIpc) is 3.01. The van der Waals surface area contributed by atoms with E-state index in [1.54, 1.807) is 0 Å². The van der Waals surface area contributed by atoms with Gasteiger partial charge >= 0.3 is 0 Å². The topological polar surface area (TPSA) is 56.7 Å². The quantitative estimate of drug-likeness (QED) is 0.576. The normalized spacial score (nSPS) is 18.5. The molecule has 0 spiro atoms. The monoisotopic (exact) mass is 321 g/mol. The highest BCUT2D eigenvalue weighted by molar-refractivity contribution is 8.00. The second-order valence-electron chi connectivity index (χ2n) is 5.79. The van der Waals surface area contributed by atoms with Crippen LogP contribution in [0.4, 0.5) is 0 Å². The Balaban J connectivity index is 1.96. The summed E-state index contributed by atoms with van der Waals surface area (Å²) in [6.45, 7) is 8.39. The number of nitrogens with zero attached hydrogens (tertiary/aromatic N) is 1. The third-order valence-electron chi connectivity index (χ3n) is 3.84. The van der Waals surface area contributed by atoms with Crippen LogP contribution < -0.4 is 10.6 Å². The molecule has 1 aliphatic heterocycles. The van der Waals surface area contributed by atoms with E-state index in [4.69, 9.17) is 0 Å². The Kier molecular flexibility index (Phi) is 6.43. The molecule has 1 aromatic rings. The summed E-state index contributed by atoms with van der Waals surface area (Å²) in [6.07, 6.45) is 2.63. The first kappa shape index (κ1) is 17.0. The Bertz CT molecular complexity index is 502. The zero-order chi connectivity index (χ0) is 15.9. The van der Waals surface area contributed by atoms with Gasteiger partial charge in [-0.2, -0.15) is 11.8 Å².